The average molecular weight is 344 g/mol. The third-order valence-electron chi connectivity index (χ3n) is 4.28. The van der Waals surface area contributed by atoms with E-state index in [2.05, 4.69) is 5.10 Å². The molecule has 0 saturated carbocycles. The van der Waals surface area contributed by atoms with Crippen molar-refractivity contribution >= 4 is 0 Å². The number of methoxy groups -OCH3 is 1. The molecule has 1 aromatic heterocycles. The first kappa shape index (κ1) is 16.1. The molecule has 0 amide bonds. The lowest BCUT2D eigenvalue weighted by atomic mass is 10.0. The number of ether oxygens (including phenoxy) is 1. The highest BCUT2D eigenvalue weighted by molar-refractivity contribution is 5.72. The molecule has 0 bridgehead atoms. The summed E-state index contributed by atoms with van der Waals surface area (Å²) in [4.78, 5) is 0. The van der Waals surface area contributed by atoms with Crippen LogP contribution in [0.1, 0.15) is 0 Å². The Bertz CT molecular complexity index is 1040. The number of hydrogen-bond acceptors (Lipinski definition) is 2. The summed E-state index contributed by atoms with van der Waals surface area (Å²) in [6.07, 6.45) is 1.77. The molecule has 0 spiro atoms. The smallest absolute Gasteiger partial charge is 0.123 e. The van der Waals surface area contributed by atoms with Gasteiger partial charge in [0.25, 0.3) is 0 Å². The molecular weight excluding hydrogens is 327 g/mol. The van der Waals surface area contributed by atoms with E-state index in [-0.39, 0.29) is 5.82 Å². The van der Waals surface area contributed by atoms with E-state index in [9.17, 15) is 4.39 Å². The molecule has 4 heteroatoms. The van der Waals surface area contributed by atoms with Crippen LogP contribution in [0.25, 0.3) is 28.1 Å². The SMILES string of the molecule is COc1ccc(-n2nccc2-c2cccc(-c3cccc(F)c3)c2)cc1. The Morgan fingerprint density at radius 1 is 0.808 bits per heavy atom. The van der Waals surface area contributed by atoms with Crippen molar-refractivity contribution in [1.29, 1.82) is 0 Å². The summed E-state index contributed by atoms with van der Waals surface area (Å²) >= 11 is 0. The minimum Gasteiger partial charge on any atom is -0.497 e. The number of aromatic nitrogens is 2. The predicted octanol–water partition coefficient (Wildman–Crippen LogP) is 5.35. The van der Waals surface area contributed by atoms with Crippen LogP contribution >= 0.6 is 0 Å². The maximum atomic E-state index is 13.5. The van der Waals surface area contributed by atoms with Crippen LogP contribution in [0.4, 0.5) is 4.39 Å². The monoisotopic (exact) mass is 344 g/mol. The van der Waals surface area contributed by atoms with Crippen molar-refractivity contribution in [2.45, 2.75) is 0 Å². The Labute approximate surface area is 151 Å². The molecule has 3 aromatic carbocycles. The second kappa shape index (κ2) is 6.84. The van der Waals surface area contributed by atoms with Crippen LogP contribution in [-0.4, -0.2) is 16.9 Å². The van der Waals surface area contributed by atoms with Crippen LogP contribution < -0.4 is 4.74 Å². The zero-order valence-corrected chi connectivity index (χ0v) is 14.3. The maximum absolute atomic E-state index is 13.5. The molecule has 0 aliphatic carbocycles. The quantitative estimate of drug-likeness (QED) is 0.499. The van der Waals surface area contributed by atoms with Crippen LogP contribution in [0.5, 0.6) is 5.75 Å². The van der Waals surface area contributed by atoms with Crippen LogP contribution in [0.2, 0.25) is 0 Å². The number of nitrogens with zero attached hydrogens (tertiary/aromatic N) is 2. The maximum Gasteiger partial charge on any atom is 0.123 e. The summed E-state index contributed by atoms with van der Waals surface area (Å²) in [5, 5.41) is 4.45. The van der Waals surface area contributed by atoms with Crippen LogP contribution in [-0.2, 0) is 0 Å². The normalized spacial score (nSPS) is 10.7. The molecule has 0 saturated heterocycles. The van der Waals surface area contributed by atoms with Gasteiger partial charge < -0.3 is 4.74 Å². The second-order valence-corrected chi connectivity index (χ2v) is 5.92. The Hall–Kier alpha value is -3.40. The third kappa shape index (κ3) is 3.09. The van der Waals surface area contributed by atoms with Gasteiger partial charge in [0.1, 0.15) is 11.6 Å². The van der Waals surface area contributed by atoms with Crippen molar-refractivity contribution < 1.29 is 9.13 Å². The van der Waals surface area contributed by atoms with Gasteiger partial charge in [-0.2, -0.15) is 5.10 Å². The Morgan fingerprint density at radius 2 is 1.50 bits per heavy atom. The highest BCUT2D eigenvalue weighted by Crippen LogP contribution is 2.28. The average Bonchev–Trinajstić information content (AvgIpc) is 3.18. The fourth-order valence-corrected chi connectivity index (χ4v) is 2.98. The van der Waals surface area contributed by atoms with Crippen molar-refractivity contribution in [2.75, 3.05) is 7.11 Å². The van der Waals surface area contributed by atoms with E-state index >= 15 is 0 Å². The number of benzene rings is 3. The lowest BCUT2D eigenvalue weighted by Gasteiger charge is -2.10. The van der Waals surface area contributed by atoms with Gasteiger partial charge >= 0.3 is 0 Å². The van der Waals surface area contributed by atoms with Crippen molar-refractivity contribution in [3.63, 3.8) is 0 Å². The molecule has 0 unspecified atom stereocenters. The fourth-order valence-electron chi connectivity index (χ4n) is 2.98. The molecule has 3 nitrogen and oxygen atoms in total. The van der Waals surface area contributed by atoms with Gasteiger partial charge in [0.15, 0.2) is 0 Å². The molecule has 0 N–H and O–H groups in total. The van der Waals surface area contributed by atoms with Gasteiger partial charge in [-0.05, 0) is 59.7 Å². The van der Waals surface area contributed by atoms with Gasteiger partial charge in [-0.25, -0.2) is 9.07 Å². The fraction of sp³-hybridized carbons (Fsp3) is 0.0455. The first-order valence-corrected chi connectivity index (χ1v) is 8.29. The topological polar surface area (TPSA) is 27.1 Å². The molecule has 26 heavy (non-hydrogen) atoms. The van der Waals surface area contributed by atoms with Crippen LogP contribution in [0, 0.1) is 5.82 Å². The standard InChI is InChI=1S/C22H17FN2O/c1-26-21-10-8-20(9-11-21)25-22(12-13-24-25)18-6-2-4-16(14-18)17-5-3-7-19(23)15-17/h2-15H,1H3. The molecule has 4 aromatic rings. The van der Waals surface area contributed by atoms with Gasteiger partial charge in [-0.15, -0.1) is 0 Å². The van der Waals surface area contributed by atoms with Gasteiger partial charge in [0, 0.05) is 5.56 Å². The van der Waals surface area contributed by atoms with E-state index in [1.54, 1.807) is 25.4 Å². The van der Waals surface area contributed by atoms with E-state index < -0.39 is 0 Å². The summed E-state index contributed by atoms with van der Waals surface area (Å²) < 4.78 is 20.6. The summed E-state index contributed by atoms with van der Waals surface area (Å²) in [6.45, 7) is 0. The number of halogens is 1. The zero-order chi connectivity index (χ0) is 17.9. The summed E-state index contributed by atoms with van der Waals surface area (Å²) in [7, 11) is 1.65. The molecule has 4 rings (SSSR count). The van der Waals surface area contributed by atoms with Crippen molar-refractivity contribution in [3.8, 4) is 33.8 Å². The molecule has 1 heterocycles. The molecular formula is C22H17FN2O. The van der Waals surface area contributed by atoms with Gasteiger partial charge in [-0.1, -0.05) is 30.3 Å². The van der Waals surface area contributed by atoms with E-state index in [1.807, 2.05) is 65.3 Å². The predicted molar refractivity (Wildman–Crippen MR) is 101 cm³/mol. The van der Waals surface area contributed by atoms with E-state index in [0.29, 0.717) is 0 Å². The number of hydrogen-bond donors (Lipinski definition) is 0. The van der Waals surface area contributed by atoms with Gasteiger partial charge in [0.05, 0.1) is 24.7 Å². The van der Waals surface area contributed by atoms with Crippen molar-refractivity contribution in [2.24, 2.45) is 0 Å². The van der Waals surface area contributed by atoms with Crippen molar-refractivity contribution in [1.82, 2.24) is 9.78 Å². The first-order chi connectivity index (χ1) is 12.7. The van der Waals surface area contributed by atoms with Crippen LogP contribution in [0.3, 0.4) is 0 Å². The highest BCUT2D eigenvalue weighted by atomic mass is 19.1. The molecule has 0 radical (unpaired) electrons. The zero-order valence-electron chi connectivity index (χ0n) is 14.3. The van der Waals surface area contributed by atoms with E-state index in [4.69, 9.17) is 4.74 Å². The van der Waals surface area contributed by atoms with Gasteiger partial charge in [0.2, 0.25) is 0 Å². The lowest BCUT2D eigenvalue weighted by Crippen LogP contribution is -1.99. The molecule has 0 fully saturated rings. The van der Waals surface area contributed by atoms with Crippen LogP contribution in [0.15, 0.2) is 85.1 Å². The minimum atomic E-state index is -0.240. The summed E-state index contributed by atoms with van der Waals surface area (Å²) in [6, 6.07) is 24.4. The Kier molecular flexibility index (Phi) is 4.23. The first-order valence-electron chi connectivity index (χ1n) is 8.29. The van der Waals surface area contributed by atoms with E-state index in [1.165, 1.54) is 6.07 Å². The third-order valence-corrected chi connectivity index (χ3v) is 4.28. The van der Waals surface area contributed by atoms with Gasteiger partial charge in [-0.3, -0.25) is 0 Å². The van der Waals surface area contributed by atoms with Crippen molar-refractivity contribution in [3.05, 3.63) is 90.9 Å². The summed E-state index contributed by atoms with van der Waals surface area (Å²) in [5.41, 5.74) is 4.74. The Balaban J connectivity index is 1.75. The number of rotatable bonds is 4. The second-order valence-electron chi connectivity index (χ2n) is 5.92. The molecule has 128 valence electrons. The molecule has 0 aliphatic rings. The molecule has 0 atom stereocenters. The highest BCUT2D eigenvalue weighted by Gasteiger charge is 2.09. The Morgan fingerprint density at radius 3 is 2.23 bits per heavy atom. The van der Waals surface area contributed by atoms with E-state index in [0.717, 1.165) is 33.8 Å². The summed E-state index contributed by atoms with van der Waals surface area (Å²) in [5.74, 6) is 0.562. The lowest BCUT2D eigenvalue weighted by molar-refractivity contribution is 0.414. The molecule has 0 aliphatic heterocycles. The minimum absolute atomic E-state index is 0.240. The largest absolute Gasteiger partial charge is 0.497 e.